The van der Waals surface area contributed by atoms with Gasteiger partial charge in [-0.25, -0.2) is 0 Å². The predicted octanol–water partition coefficient (Wildman–Crippen LogP) is 1.62. The van der Waals surface area contributed by atoms with Crippen molar-refractivity contribution in [3.05, 3.63) is 6.92 Å². The molecule has 0 aromatic carbocycles. The van der Waals surface area contributed by atoms with Gasteiger partial charge in [-0.3, -0.25) is 4.79 Å². The second-order valence-corrected chi connectivity index (χ2v) is 2.27. The van der Waals surface area contributed by atoms with Crippen LogP contribution in [0.5, 0.6) is 0 Å². The van der Waals surface area contributed by atoms with E-state index in [9.17, 15) is 4.79 Å². The van der Waals surface area contributed by atoms with Gasteiger partial charge in [-0.1, -0.05) is 18.3 Å². The van der Waals surface area contributed by atoms with E-state index >= 15 is 0 Å². The van der Waals surface area contributed by atoms with Crippen LogP contribution < -0.4 is 0 Å². The van der Waals surface area contributed by atoms with Gasteiger partial charge in [-0.05, 0) is 0 Å². The Labute approximate surface area is 77.7 Å². The third-order valence-corrected chi connectivity index (χ3v) is 1.47. The summed E-state index contributed by atoms with van der Waals surface area (Å²) in [4.78, 5) is 10.6. The van der Waals surface area contributed by atoms with E-state index in [1.165, 1.54) is 23.5 Å². The van der Waals surface area contributed by atoms with Crippen molar-refractivity contribution >= 4 is 19.6 Å². The molecule has 0 aromatic rings. The number of rotatable bonds is 1. The van der Waals surface area contributed by atoms with E-state index in [0.717, 1.165) is 12.8 Å². The summed E-state index contributed by atoms with van der Waals surface area (Å²) in [6.45, 7) is 3.68. The molecule has 1 fully saturated rings. The van der Waals surface area contributed by atoms with Gasteiger partial charge in [-0.2, -0.15) is 0 Å². The fourth-order valence-corrected chi connectivity index (χ4v) is 0.572. The van der Waals surface area contributed by atoms with Crippen molar-refractivity contribution in [2.24, 2.45) is 5.41 Å². The number of hydrogen-bond donors (Lipinski definition) is 0. The van der Waals surface area contributed by atoms with E-state index in [4.69, 9.17) is 0 Å². The second-order valence-electron chi connectivity index (χ2n) is 2.27. The van der Waals surface area contributed by atoms with Gasteiger partial charge in [0.25, 0.3) is 5.97 Å². The number of halogens is 1. The molecule has 54 valence electrons. The fourth-order valence-electron chi connectivity index (χ4n) is 0.572. The van der Waals surface area contributed by atoms with Crippen molar-refractivity contribution in [2.45, 2.75) is 12.8 Å². The third kappa shape index (κ3) is 2.67. The Morgan fingerprint density at radius 3 is 2.20 bits per heavy atom. The number of carbonyl (C=O) groups is 1. The molecule has 0 amide bonds. The van der Waals surface area contributed by atoms with Crippen LogP contribution in [0.3, 0.4) is 0 Å². The summed E-state index contributed by atoms with van der Waals surface area (Å²) in [5.74, 6) is -0.169. The third-order valence-electron chi connectivity index (χ3n) is 1.47. The fraction of sp³-hybridized carbons (Fsp3) is 0.667. The van der Waals surface area contributed by atoms with E-state index in [1.54, 1.807) is 0 Å². The molecule has 0 unspecified atom stereocenters. The van der Waals surface area contributed by atoms with E-state index in [2.05, 4.69) is 25.3 Å². The zero-order valence-electron chi connectivity index (χ0n) is 6.02. The molecule has 1 saturated carbocycles. The van der Waals surface area contributed by atoms with Crippen molar-refractivity contribution in [3.63, 3.8) is 0 Å². The topological polar surface area (TPSA) is 26.3 Å². The molecule has 1 aliphatic carbocycles. The minimum atomic E-state index is -0.352. The number of esters is 1. The normalized spacial score (nSPS) is 18.5. The maximum absolute atomic E-state index is 10.6. The summed E-state index contributed by atoms with van der Waals surface area (Å²) in [5.41, 5.74) is -0.352. The molecule has 0 N–H and O–H groups in total. The van der Waals surface area contributed by atoms with Crippen molar-refractivity contribution in [3.8, 4) is 0 Å². The van der Waals surface area contributed by atoms with Crippen LogP contribution in [0, 0.1) is 12.3 Å². The molecular formula is C6H9BrO2Zn. The number of hydrogen-bond acceptors (Lipinski definition) is 2. The van der Waals surface area contributed by atoms with E-state index in [1.807, 2.05) is 0 Å². The Hall–Kier alpha value is 0.573. The van der Waals surface area contributed by atoms with Crippen LogP contribution in [0.1, 0.15) is 12.8 Å². The van der Waals surface area contributed by atoms with Gasteiger partial charge in [0, 0.05) is 0 Å². The van der Waals surface area contributed by atoms with Gasteiger partial charge in [0.2, 0.25) is 0 Å². The number of methoxy groups -OCH3 is 1. The van der Waals surface area contributed by atoms with Gasteiger partial charge < -0.3 is 11.7 Å². The molecule has 0 aromatic heterocycles. The van der Waals surface area contributed by atoms with Crippen LogP contribution in [0.2, 0.25) is 0 Å². The van der Waals surface area contributed by atoms with Crippen molar-refractivity contribution in [1.82, 2.24) is 0 Å². The standard InChI is InChI=1S/C6H9O2.BrH.Zn/c1-6(3-4-6)5(7)8-2;;/h1,3-4H2,2H3;1H;/q-1;;+2/p-1. The van der Waals surface area contributed by atoms with Crippen LogP contribution in [-0.4, -0.2) is 13.1 Å². The monoisotopic (exact) mass is 256 g/mol. The summed E-state index contributed by atoms with van der Waals surface area (Å²) in [5, 5.41) is 0. The quantitative estimate of drug-likeness (QED) is 0.406. The van der Waals surface area contributed by atoms with Crippen LogP contribution >= 0.6 is 13.6 Å². The first-order valence-corrected chi connectivity index (χ1v) is 9.84. The van der Waals surface area contributed by atoms with Crippen molar-refractivity contribution in [2.75, 3.05) is 7.11 Å². The molecule has 0 atom stereocenters. The summed E-state index contributed by atoms with van der Waals surface area (Å²) in [6, 6.07) is 0. The summed E-state index contributed by atoms with van der Waals surface area (Å²) < 4.78 is 4.48. The second kappa shape index (κ2) is 4.45. The molecule has 0 saturated heterocycles. The van der Waals surface area contributed by atoms with Gasteiger partial charge in [0.1, 0.15) is 0 Å². The van der Waals surface area contributed by atoms with Gasteiger partial charge in [0.05, 0.1) is 7.11 Å². The van der Waals surface area contributed by atoms with Crippen LogP contribution in [-0.2, 0) is 25.9 Å². The molecule has 0 radical (unpaired) electrons. The van der Waals surface area contributed by atoms with Gasteiger partial charge in [-0.15, -0.1) is 0 Å². The van der Waals surface area contributed by atoms with Crippen molar-refractivity contribution in [1.29, 1.82) is 0 Å². The van der Waals surface area contributed by atoms with Gasteiger partial charge >= 0.3 is 30.0 Å². The molecular weight excluding hydrogens is 249 g/mol. The van der Waals surface area contributed by atoms with Gasteiger partial charge in [0.15, 0.2) is 0 Å². The molecule has 1 aliphatic rings. The summed E-state index contributed by atoms with van der Waals surface area (Å²) in [7, 11) is 1.40. The molecule has 1 rings (SSSR count). The van der Waals surface area contributed by atoms with Crippen LogP contribution in [0.4, 0.5) is 0 Å². The molecule has 4 heteroatoms. The SMILES string of the molecule is [CH2-]C1(C(=O)OC)CC1.[Zn+][Br]. The van der Waals surface area contributed by atoms with E-state index < -0.39 is 0 Å². The molecule has 0 heterocycles. The number of ether oxygens (including phenoxy) is 1. The molecule has 0 aliphatic heterocycles. The summed E-state index contributed by atoms with van der Waals surface area (Å²) >= 11 is 4.25. The minimum absolute atomic E-state index is 0.169. The maximum atomic E-state index is 10.6. The van der Waals surface area contributed by atoms with Crippen LogP contribution in [0.25, 0.3) is 0 Å². The Balaban J connectivity index is 0.000000371. The average molecular weight is 258 g/mol. The van der Waals surface area contributed by atoms with Crippen molar-refractivity contribution < 1.29 is 25.9 Å². The Kier molecular flexibility index (Phi) is 4.71. The molecule has 10 heavy (non-hydrogen) atoms. The summed E-state index contributed by atoms with van der Waals surface area (Å²) in [6.07, 6.45) is 1.78. The first-order valence-electron chi connectivity index (χ1n) is 2.89. The predicted molar refractivity (Wildman–Crippen MR) is 38.0 cm³/mol. The van der Waals surface area contributed by atoms with Crippen LogP contribution in [0.15, 0.2) is 0 Å². The zero-order valence-corrected chi connectivity index (χ0v) is 10.6. The zero-order chi connectivity index (χ0) is 8.20. The van der Waals surface area contributed by atoms with E-state index in [-0.39, 0.29) is 11.4 Å². The Morgan fingerprint density at radius 1 is 1.70 bits per heavy atom. The Morgan fingerprint density at radius 2 is 2.10 bits per heavy atom. The average Bonchev–Trinajstić information content (AvgIpc) is 2.72. The first kappa shape index (κ1) is 10.6. The first-order chi connectivity index (χ1) is 4.69. The molecule has 2 nitrogen and oxygen atoms in total. The Bertz CT molecular complexity index is 123. The van der Waals surface area contributed by atoms with E-state index in [0.29, 0.717) is 0 Å². The molecule has 0 spiro atoms. The number of carbonyl (C=O) groups excluding carboxylic acids is 1. The molecule has 0 bridgehead atoms.